The minimum Gasteiger partial charge on any atom is -0.496 e. The van der Waals surface area contributed by atoms with Gasteiger partial charge in [-0.15, -0.1) is 0 Å². The van der Waals surface area contributed by atoms with Gasteiger partial charge in [0.25, 0.3) is 5.91 Å². The van der Waals surface area contributed by atoms with Crippen molar-refractivity contribution in [3.8, 4) is 16.9 Å². The van der Waals surface area contributed by atoms with E-state index in [0.717, 1.165) is 23.3 Å². The van der Waals surface area contributed by atoms with Gasteiger partial charge >= 0.3 is 5.97 Å². The van der Waals surface area contributed by atoms with Crippen LogP contribution in [-0.2, 0) is 4.79 Å². The molecule has 0 saturated carbocycles. The van der Waals surface area contributed by atoms with Gasteiger partial charge in [0, 0.05) is 11.1 Å². The van der Waals surface area contributed by atoms with E-state index in [4.69, 9.17) is 4.74 Å². The zero-order chi connectivity index (χ0) is 22.8. The largest absolute Gasteiger partial charge is 0.496 e. The van der Waals surface area contributed by atoms with Gasteiger partial charge in [-0.25, -0.2) is 13.6 Å². The van der Waals surface area contributed by atoms with Gasteiger partial charge in [-0.05, 0) is 54.3 Å². The molecule has 4 rings (SSSR count). The monoisotopic (exact) mass is 437 g/mol. The maximum Gasteiger partial charge on any atom is 0.326 e. The summed E-state index contributed by atoms with van der Waals surface area (Å²) >= 11 is 0. The minimum absolute atomic E-state index is 0.212. The van der Waals surface area contributed by atoms with E-state index in [0.29, 0.717) is 17.7 Å². The lowest BCUT2D eigenvalue weighted by atomic mass is 10.0. The van der Waals surface area contributed by atoms with Crippen LogP contribution in [0.1, 0.15) is 34.8 Å². The number of methoxy groups -OCH3 is 1. The predicted molar refractivity (Wildman–Crippen MR) is 114 cm³/mol. The summed E-state index contributed by atoms with van der Waals surface area (Å²) in [4.78, 5) is 26.5. The third-order valence-electron chi connectivity index (χ3n) is 5.77. The molecule has 1 heterocycles. The first-order valence-electron chi connectivity index (χ1n) is 10.1. The minimum atomic E-state index is -1.14. The van der Waals surface area contributed by atoms with Gasteiger partial charge in [0.15, 0.2) is 11.6 Å². The van der Waals surface area contributed by atoms with Gasteiger partial charge < -0.3 is 14.7 Å². The Morgan fingerprint density at radius 3 is 2.38 bits per heavy atom. The second-order valence-electron chi connectivity index (χ2n) is 7.61. The zero-order valence-corrected chi connectivity index (χ0v) is 17.3. The fourth-order valence-electron chi connectivity index (χ4n) is 4.21. The van der Waals surface area contributed by atoms with Crippen LogP contribution in [0.2, 0.25) is 0 Å². The maximum atomic E-state index is 13.8. The van der Waals surface area contributed by atoms with Crippen LogP contribution in [0.15, 0.2) is 66.7 Å². The summed E-state index contributed by atoms with van der Waals surface area (Å²) in [6, 6.07) is 16.1. The van der Waals surface area contributed by atoms with Crippen molar-refractivity contribution in [3.05, 3.63) is 89.5 Å². The second kappa shape index (κ2) is 8.78. The Morgan fingerprint density at radius 2 is 1.72 bits per heavy atom. The normalized spacial score (nSPS) is 17.9. The number of aliphatic carboxylic acids is 1. The molecule has 0 aromatic heterocycles. The van der Waals surface area contributed by atoms with Crippen molar-refractivity contribution < 1.29 is 28.2 Å². The van der Waals surface area contributed by atoms with Crippen molar-refractivity contribution in [1.29, 1.82) is 0 Å². The molecule has 3 aromatic carbocycles. The molecule has 1 aliphatic heterocycles. The Kier molecular flexibility index (Phi) is 5.90. The summed E-state index contributed by atoms with van der Waals surface area (Å²) in [6.07, 6.45) is 0.539. The first-order valence-corrected chi connectivity index (χ1v) is 10.1. The highest BCUT2D eigenvalue weighted by Crippen LogP contribution is 2.39. The Morgan fingerprint density at radius 1 is 0.969 bits per heavy atom. The van der Waals surface area contributed by atoms with Crippen LogP contribution in [0.5, 0.6) is 5.75 Å². The number of hydrogen-bond donors (Lipinski definition) is 1. The van der Waals surface area contributed by atoms with Gasteiger partial charge in [0.1, 0.15) is 11.8 Å². The first-order chi connectivity index (χ1) is 15.4. The van der Waals surface area contributed by atoms with Crippen LogP contribution in [0.25, 0.3) is 11.1 Å². The lowest BCUT2D eigenvalue weighted by molar-refractivity contribution is -0.141. The van der Waals surface area contributed by atoms with Crippen LogP contribution in [0, 0.1) is 11.6 Å². The zero-order valence-electron chi connectivity index (χ0n) is 17.3. The number of ether oxygens (including phenoxy) is 1. The molecule has 164 valence electrons. The van der Waals surface area contributed by atoms with Crippen LogP contribution in [0.4, 0.5) is 8.78 Å². The summed E-state index contributed by atoms with van der Waals surface area (Å²) in [5.41, 5.74) is 2.31. The molecular weight excluding hydrogens is 416 g/mol. The van der Waals surface area contributed by atoms with Gasteiger partial charge in [-0.2, -0.15) is 0 Å². The fraction of sp³-hybridized carbons (Fsp3) is 0.200. The molecule has 7 heteroatoms. The number of carbonyl (C=O) groups is 2. The van der Waals surface area contributed by atoms with Crippen LogP contribution in [0.3, 0.4) is 0 Å². The van der Waals surface area contributed by atoms with E-state index in [2.05, 4.69) is 0 Å². The highest BCUT2D eigenvalue weighted by Gasteiger charge is 2.42. The van der Waals surface area contributed by atoms with Crippen molar-refractivity contribution in [2.75, 3.05) is 7.11 Å². The Bertz CT molecular complexity index is 1170. The number of halogens is 2. The number of benzene rings is 3. The number of carboxylic acid groups (broad SMARTS) is 1. The molecule has 0 spiro atoms. The number of amides is 1. The molecule has 1 amide bonds. The molecule has 0 bridgehead atoms. The number of rotatable bonds is 5. The fourth-order valence-corrected chi connectivity index (χ4v) is 4.21. The summed E-state index contributed by atoms with van der Waals surface area (Å²) in [7, 11) is 1.50. The van der Waals surface area contributed by atoms with Crippen molar-refractivity contribution in [1.82, 2.24) is 4.90 Å². The van der Waals surface area contributed by atoms with E-state index >= 15 is 0 Å². The number of carboxylic acids is 1. The van der Waals surface area contributed by atoms with Crippen molar-refractivity contribution in [3.63, 3.8) is 0 Å². The van der Waals surface area contributed by atoms with Gasteiger partial charge in [-0.3, -0.25) is 4.79 Å². The Balaban J connectivity index is 1.72. The Labute approximate surface area is 183 Å². The quantitative estimate of drug-likeness (QED) is 0.605. The first kappa shape index (κ1) is 21.5. The molecular formula is C25H21F2NO4. The Hall–Kier alpha value is -3.74. The molecule has 0 unspecified atom stereocenters. The predicted octanol–water partition coefficient (Wildman–Crippen LogP) is 5.07. The van der Waals surface area contributed by atoms with Crippen molar-refractivity contribution in [2.24, 2.45) is 0 Å². The molecule has 32 heavy (non-hydrogen) atoms. The van der Waals surface area contributed by atoms with E-state index in [1.165, 1.54) is 18.1 Å². The van der Waals surface area contributed by atoms with E-state index in [1.807, 2.05) is 30.3 Å². The average molecular weight is 437 g/mol. The van der Waals surface area contributed by atoms with Gasteiger partial charge in [0.2, 0.25) is 0 Å². The van der Waals surface area contributed by atoms with Crippen molar-refractivity contribution >= 4 is 11.9 Å². The van der Waals surface area contributed by atoms with Crippen molar-refractivity contribution in [2.45, 2.75) is 24.9 Å². The third-order valence-corrected chi connectivity index (χ3v) is 5.77. The van der Waals surface area contributed by atoms with E-state index in [-0.39, 0.29) is 12.0 Å². The van der Waals surface area contributed by atoms with E-state index in [1.54, 1.807) is 18.2 Å². The second-order valence-corrected chi connectivity index (χ2v) is 7.61. The maximum absolute atomic E-state index is 13.8. The molecule has 2 atom stereocenters. The molecule has 0 aliphatic carbocycles. The third kappa shape index (κ3) is 3.93. The average Bonchev–Trinajstić information content (AvgIpc) is 3.26. The SMILES string of the molecule is COc1cc(C(=O)N2[C@@H](c3ccc(F)c(F)c3)CC[C@H]2C(=O)O)ccc1-c1ccccc1. The number of hydrogen-bond acceptors (Lipinski definition) is 3. The van der Waals surface area contributed by atoms with E-state index < -0.39 is 35.6 Å². The summed E-state index contributed by atoms with van der Waals surface area (Å²) in [5, 5.41) is 9.68. The lowest BCUT2D eigenvalue weighted by Gasteiger charge is -2.29. The summed E-state index contributed by atoms with van der Waals surface area (Å²) in [6.45, 7) is 0. The topological polar surface area (TPSA) is 66.8 Å². The summed E-state index contributed by atoms with van der Waals surface area (Å²) < 4.78 is 32.7. The number of likely N-dealkylation sites (tertiary alicyclic amines) is 1. The van der Waals surface area contributed by atoms with Gasteiger partial charge in [0.05, 0.1) is 13.2 Å². The van der Waals surface area contributed by atoms with Crippen LogP contribution >= 0.6 is 0 Å². The molecule has 3 aromatic rings. The molecule has 1 fully saturated rings. The highest BCUT2D eigenvalue weighted by atomic mass is 19.2. The van der Waals surface area contributed by atoms with Crippen LogP contribution in [-0.4, -0.2) is 35.0 Å². The molecule has 1 saturated heterocycles. The number of carbonyl (C=O) groups excluding carboxylic acids is 1. The number of nitrogens with zero attached hydrogens (tertiary/aromatic N) is 1. The molecule has 1 aliphatic rings. The summed E-state index contributed by atoms with van der Waals surface area (Å²) in [5.74, 6) is -3.22. The molecule has 5 nitrogen and oxygen atoms in total. The standard InChI is InChI=1S/C25H21F2NO4/c1-32-23-14-17(7-9-18(23)15-5-3-2-4-6-15)24(29)28-21(11-12-22(28)25(30)31)16-8-10-19(26)20(27)13-16/h2-10,13-14,21-22H,11-12H2,1H3,(H,30,31)/t21-,22+/m1/s1. The molecule has 1 N–H and O–H groups in total. The van der Waals surface area contributed by atoms with E-state index in [9.17, 15) is 23.5 Å². The lowest BCUT2D eigenvalue weighted by Crippen LogP contribution is -2.41. The highest BCUT2D eigenvalue weighted by molar-refractivity contribution is 5.98. The smallest absolute Gasteiger partial charge is 0.326 e. The molecule has 0 radical (unpaired) electrons. The van der Waals surface area contributed by atoms with Gasteiger partial charge in [-0.1, -0.05) is 36.4 Å². The van der Waals surface area contributed by atoms with Crippen LogP contribution < -0.4 is 4.74 Å².